The van der Waals surface area contributed by atoms with Gasteiger partial charge in [-0.3, -0.25) is 28.8 Å². The van der Waals surface area contributed by atoms with Crippen molar-refractivity contribution in [2.75, 3.05) is 21.3 Å². The maximum Gasteiger partial charge on any atom is 0.258 e. The zero-order valence-electron chi connectivity index (χ0n) is 35.3. The van der Waals surface area contributed by atoms with Crippen LogP contribution in [0, 0.1) is 0 Å². The Labute approximate surface area is 399 Å². The number of carbonyl (C=O) groups excluding carboxylic acids is 6. The van der Waals surface area contributed by atoms with E-state index in [0.717, 1.165) is 25.0 Å². The Morgan fingerprint density at radius 1 is 0.492 bits per heavy atom. The van der Waals surface area contributed by atoms with Gasteiger partial charge in [0.1, 0.15) is 11.4 Å². The average molecular weight is 979 g/mol. The van der Waals surface area contributed by atoms with E-state index in [-0.39, 0.29) is 54.7 Å². The van der Waals surface area contributed by atoms with Gasteiger partial charge in [-0.05, 0) is 130 Å². The number of nitrogens with one attached hydrogen (secondary N) is 4. The zero-order valence-corrected chi connectivity index (χ0v) is 39.1. The molecule has 5 aromatic carbocycles. The first-order valence-corrected chi connectivity index (χ1v) is 21.8. The normalized spacial score (nSPS) is 13.6. The highest BCUT2D eigenvalue weighted by molar-refractivity contribution is 6.33. The molecule has 0 saturated heterocycles. The lowest BCUT2D eigenvalue weighted by Crippen LogP contribution is -2.32. The van der Waals surface area contributed by atoms with Crippen LogP contribution in [0.2, 0.25) is 10.0 Å². The van der Waals surface area contributed by atoms with E-state index in [9.17, 15) is 28.8 Å². The van der Waals surface area contributed by atoms with E-state index >= 15 is 0 Å². The molecule has 0 aliphatic heterocycles. The maximum absolute atomic E-state index is 13.5. The summed E-state index contributed by atoms with van der Waals surface area (Å²) in [6, 6.07) is 23.7. The minimum absolute atomic E-state index is 0.0272. The lowest BCUT2D eigenvalue weighted by Gasteiger charge is -2.17. The minimum Gasteiger partial charge on any atom is -0.324 e. The number of hydrogen-bond donors (Lipinski definition) is 4. The first-order valence-electron chi connectivity index (χ1n) is 19.7. The van der Waals surface area contributed by atoms with E-state index in [2.05, 4.69) is 41.7 Å². The number of halogens is 5. The van der Waals surface area contributed by atoms with Crippen molar-refractivity contribution in [2.24, 2.45) is 20.5 Å². The summed E-state index contributed by atoms with van der Waals surface area (Å²) in [4.78, 5) is 78.4. The summed E-state index contributed by atoms with van der Waals surface area (Å²) in [7, 11) is 0. The summed E-state index contributed by atoms with van der Waals surface area (Å²) in [5, 5.41) is 25.8. The van der Waals surface area contributed by atoms with Crippen molar-refractivity contribution < 1.29 is 28.8 Å². The predicted octanol–water partition coefficient (Wildman–Crippen LogP) is 12.8. The van der Waals surface area contributed by atoms with Crippen LogP contribution in [0.25, 0.3) is 0 Å². The lowest BCUT2D eigenvalue weighted by atomic mass is 10.1. The van der Waals surface area contributed by atoms with Crippen LogP contribution in [0.5, 0.6) is 0 Å². The van der Waals surface area contributed by atoms with Gasteiger partial charge in [0.15, 0.2) is 11.6 Å². The van der Waals surface area contributed by atoms with Crippen LogP contribution in [0.3, 0.4) is 0 Å². The molecule has 5 atom stereocenters. The molecule has 4 amide bonds. The van der Waals surface area contributed by atoms with Crippen LogP contribution in [-0.2, 0) is 19.2 Å². The quantitative estimate of drug-likeness (QED) is 0.0406. The Bertz CT molecular complexity index is 2710. The van der Waals surface area contributed by atoms with Crippen LogP contribution >= 0.6 is 58.0 Å². The Balaban J connectivity index is 1.28. The number of Topliss-reactive ketones (excluding diaryl/α,β-unsaturated/α-hetero) is 2. The molecule has 14 nitrogen and oxygen atoms in total. The first kappa shape index (κ1) is 50.0. The average Bonchev–Trinajstić information content (AvgIpc) is 3.25. The van der Waals surface area contributed by atoms with Gasteiger partial charge in [-0.2, -0.15) is 20.5 Å². The summed E-state index contributed by atoms with van der Waals surface area (Å²) in [5.74, 6) is -3.96. The molecule has 65 heavy (non-hydrogen) atoms. The second kappa shape index (κ2) is 22.7. The van der Waals surface area contributed by atoms with Crippen molar-refractivity contribution in [1.29, 1.82) is 0 Å². The van der Waals surface area contributed by atoms with Crippen molar-refractivity contribution in [1.82, 2.24) is 0 Å². The molecule has 5 rings (SSSR count). The van der Waals surface area contributed by atoms with E-state index in [4.69, 9.17) is 58.0 Å². The fraction of sp³-hybridized carbons (Fsp3) is 0.217. The van der Waals surface area contributed by atoms with Gasteiger partial charge in [0.25, 0.3) is 23.6 Å². The third kappa shape index (κ3) is 13.7. The Morgan fingerprint density at radius 3 is 1.34 bits per heavy atom. The first-order chi connectivity index (χ1) is 30.8. The van der Waals surface area contributed by atoms with Crippen LogP contribution in [0.1, 0.15) is 88.2 Å². The molecule has 0 aromatic heterocycles. The monoisotopic (exact) mass is 976 g/mol. The molecule has 5 aromatic rings. The molecule has 0 fully saturated rings. The number of benzene rings is 5. The molecule has 0 spiro atoms. The van der Waals surface area contributed by atoms with Gasteiger partial charge >= 0.3 is 0 Å². The molecular formula is C46H41Cl5N8O6. The van der Waals surface area contributed by atoms with E-state index in [1.165, 1.54) is 54.6 Å². The van der Waals surface area contributed by atoms with Gasteiger partial charge < -0.3 is 21.3 Å². The van der Waals surface area contributed by atoms with E-state index < -0.39 is 52.7 Å². The highest BCUT2D eigenvalue weighted by Gasteiger charge is 2.27. The van der Waals surface area contributed by atoms with Crippen molar-refractivity contribution in [3.05, 3.63) is 141 Å². The number of ketones is 2. The van der Waals surface area contributed by atoms with Crippen molar-refractivity contribution >= 4 is 127 Å². The Kier molecular flexibility index (Phi) is 17.5. The van der Waals surface area contributed by atoms with Gasteiger partial charge in [0, 0.05) is 33.9 Å². The van der Waals surface area contributed by atoms with Gasteiger partial charge in [0.2, 0.25) is 12.1 Å². The number of anilines is 4. The Hall–Kier alpha value is -6.03. The molecule has 336 valence electrons. The number of carbonyl (C=O) groups is 6. The minimum atomic E-state index is -1.64. The smallest absolute Gasteiger partial charge is 0.258 e. The highest BCUT2D eigenvalue weighted by Crippen LogP contribution is 2.33. The summed E-state index contributed by atoms with van der Waals surface area (Å²) in [6.45, 7) is 7.55. The predicted molar refractivity (Wildman–Crippen MR) is 256 cm³/mol. The summed E-state index contributed by atoms with van der Waals surface area (Å²) < 4.78 is 0. The molecule has 0 saturated carbocycles. The van der Waals surface area contributed by atoms with Gasteiger partial charge in [-0.15, -0.1) is 34.8 Å². The van der Waals surface area contributed by atoms with Crippen LogP contribution < -0.4 is 21.3 Å². The van der Waals surface area contributed by atoms with Crippen LogP contribution in [-0.4, -0.2) is 47.3 Å². The molecule has 5 unspecified atom stereocenters. The van der Waals surface area contributed by atoms with E-state index in [1.54, 1.807) is 43.3 Å². The van der Waals surface area contributed by atoms with E-state index in [0.29, 0.717) is 16.9 Å². The Morgan fingerprint density at radius 2 is 0.923 bits per heavy atom. The second-order valence-corrected chi connectivity index (χ2v) is 17.4. The number of azo groups is 2. The van der Waals surface area contributed by atoms with E-state index in [1.807, 2.05) is 26.0 Å². The fourth-order valence-electron chi connectivity index (χ4n) is 5.97. The summed E-state index contributed by atoms with van der Waals surface area (Å²) in [5.41, 5.74) is 3.78. The molecule has 0 aliphatic carbocycles. The van der Waals surface area contributed by atoms with Crippen LogP contribution in [0.4, 0.5) is 34.1 Å². The third-order valence-corrected chi connectivity index (χ3v) is 10.8. The standard InChI is InChI=1S/C46H41Cl5N8O6/c1-23(47)28-8-6-10-32(18-28)52-43(62)30-12-15-36(50)39(20-30)56-58-41(26(4)60)45(64)54-34-14-17-38(35(22-34)25(3)49)55-46(65)42(27(5)61)59-57-40-21-31(13-16-37(40)51)44(63)53-33-11-7-9-29(19-33)24(2)48/h6-25,41-42H,1-5H3,(H,52,62)(H,53,63)(H,54,64)(H,55,65). The number of nitrogens with zero attached hydrogens (tertiary/aromatic N) is 4. The largest absolute Gasteiger partial charge is 0.324 e. The third-order valence-electron chi connectivity index (χ3n) is 9.46. The molecule has 0 bridgehead atoms. The van der Waals surface area contributed by atoms with Crippen molar-refractivity contribution in [3.63, 3.8) is 0 Å². The fourth-order valence-corrected chi connectivity index (χ4v) is 6.73. The number of rotatable bonds is 17. The maximum atomic E-state index is 13.5. The van der Waals surface area contributed by atoms with Crippen molar-refractivity contribution in [3.8, 4) is 0 Å². The lowest BCUT2D eigenvalue weighted by molar-refractivity contribution is -0.127. The highest BCUT2D eigenvalue weighted by atomic mass is 35.5. The second-order valence-electron chi connectivity index (χ2n) is 14.6. The molecule has 0 aliphatic rings. The van der Waals surface area contributed by atoms with Crippen molar-refractivity contribution in [2.45, 2.75) is 62.8 Å². The van der Waals surface area contributed by atoms with Crippen LogP contribution in [0.15, 0.2) is 124 Å². The molecular weight excluding hydrogens is 938 g/mol. The summed E-state index contributed by atoms with van der Waals surface area (Å²) in [6.07, 6.45) is 0. The molecule has 0 heterocycles. The zero-order chi connectivity index (χ0) is 47.5. The van der Waals surface area contributed by atoms with Gasteiger partial charge in [-0.25, -0.2) is 0 Å². The molecule has 19 heteroatoms. The number of alkyl halides is 3. The molecule has 0 radical (unpaired) electrons. The van der Waals surface area contributed by atoms with Gasteiger partial charge in [-0.1, -0.05) is 47.5 Å². The van der Waals surface area contributed by atoms with Gasteiger partial charge in [0.05, 0.1) is 26.2 Å². The summed E-state index contributed by atoms with van der Waals surface area (Å²) >= 11 is 31.6. The SMILES string of the molecule is CC(=O)C(N=Nc1cc(C(=O)Nc2cccc(C(C)Cl)c2)ccc1Cl)C(=O)Nc1ccc(NC(=O)C(N=Nc2cc(C(=O)Nc3cccc(C(C)Cl)c3)ccc2Cl)C(C)=O)c(C(C)Cl)c1. The molecule has 4 N–H and O–H groups in total. The number of hydrogen-bond acceptors (Lipinski definition) is 10. The topological polar surface area (TPSA) is 200 Å². The number of amides is 4.